The average Bonchev–Trinajstić information content (AvgIpc) is 2.56. The Morgan fingerprint density at radius 3 is 2.61 bits per heavy atom. The van der Waals surface area contributed by atoms with Gasteiger partial charge in [-0.05, 0) is 49.4 Å². The second kappa shape index (κ2) is 8.19. The highest BCUT2D eigenvalue weighted by atomic mass is 16.5. The molecule has 0 saturated heterocycles. The Morgan fingerprint density at radius 1 is 1.22 bits per heavy atom. The highest BCUT2D eigenvalue weighted by Gasteiger charge is 2.08. The molecule has 2 rings (SSSR count). The number of ether oxygens (including phenoxy) is 1. The van der Waals surface area contributed by atoms with Crippen LogP contribution in [0.5, 0.6) is 5.75 Å². The van der Waals surface area contributed by atoms with Gasteiger partial charge in [-0.3, -0.25) is 4.79 Å². The third kappa shape index (κ3) is 4.72. The van der Waals surface area contributed by atoms with Crippen molar-refractivity contribution in [3.8, 4) is 5.75 Å². The van der Waals surface area contributed by atoms with Gasteiger partial charge in [-0.1, -0.05) is 6.07 Å². The van der Waals surface area contributed by atoms with E-state index in [1.54, 1.807) is 18.2 Å². The van der Waals surface area contributed by atoms with Crippen molar-refractivity contribution in [3.05, 3.63) is 54.1 Å². The van der Waals surface area contributed by atoms with Crippen LogP contribution in [-0.4, -0.2) is 37.8 Å². The minimum Gasteiger partial charge on any atom is -0.494 e. The summed E-state index contributed by atoms with van der Waals surface area (Å²) in [7, 11) is 1.91. The Morgan fingerprint density at radius 2 is 1.96 bits per heavy atom. The maximum atomic E-state index is 12.3. The molecule has 0 aliphatic rings. The van der Waals surface area contributed by atoms with Gasteiger partial charge in [0, 0.05) is 30.5 Å². The van der Waals surface area contributed by atoms with E-state index in [1.165, 1.54) is 0 Å². The first-order valence-electron chi connectivity index (χ1n) is 7.60. The van der Waals surface area contributed by atoms with Crippen molar-refractivity contribution in [1.29, 1.82) is 0 Å². The van der Waals surface area contributed by atoms with Crippen LogP contribution >= 0.6 is 0 Å². The number of hydrogen-bond donors (Lipinski definition) is 2. The standard InChI is InChI=1S/C18H22N2O3/c1-3-23-17-6-4-5-14(13-17)18(22)19-15-7-9-16(10-8-15)20(2)11-12-21/h4-10,13,21H,3,11-12H2,1-2H3,(H,19,22). The van der Waals surface area contributed by atoms with Crippen LogP contribution in [0.3, 0.4) is 0 Å². The fraction of sp³-hybridized carbons (Fsp3) is 0.278. The lowest BCUT2D eigenvalue weighted by molar-refractivity contribution is 0.102. The molecule has 0 aliphatic carbocycles. The Kier molecular flexibility index (Phi) is 6.00. The Labute approximate surface area is 136 Å². The molecule has 122 valence electrons. The molecule has 5 heteroatoms. The largest absolute Gasteiger partial charge is 0.494 e. The minimum absolute atomic E-state index is 0.102. The number of nitrogens with zero attached hydrogens (tertiary/aromatic N) is 1. The Bertz CT molecular complexity index is 641. The summed E-state index contributed by atoms with van der Waals surface area (Å²) in [4.78, 5) is 14.2. The van der Waals surface area contributed by atoms with Gasteiger partial charge < -0.3 is 20.1 Å². The van der Waals surface area contributed by atoms with Gasteiger partial charge in [0.2, 0.25) is 0 Å². The van der Waals surface area contributed by atoms with Gasteiger partial charge in [-0.2, -0.15) is 0 Å². The molecule has 0 spiro atoms. The number of aliphatic hydroxyl groups is 1. The van der Waals surface area contributed by atoms with E-state index in [-0.39, 0.29) is 12.5 Å². The van der Waals surface area contributed by atoms with E-state index in [0.29, 0.717) is 24.5 Å². The molecule has 2 N–H and O–H groups in total. The zero-order valence-electron chi connectivity index (χ0n) is 13.5. The molecule has 0 radical (unpaired) electrons. The third-order valence-electron chi connectivity index (χ3n) is 3.41. The van der Waals surface area contributed by atoms with Crippen LogP contribution in [0.25, 0.3) is 0 Å². The molecular formula is C18H22N2O3. The van der Waals surface area contributed by atoms with E-state index in [0.717, 1.165) is 11.4 Å². The lowest BCUT2D eigenvalue weighted by atomic mass is 10.2. The molecule has 0 aromatic heterocycles. The quantitative estimate of drug-likeness (QED) is 0.825. The van der Waals surface area contributed by atoms with E-state index < -0.39 is 0 Å². The molecule has 0 saturated carbocycles. The molecule has 0 heterocycles. The Balaban J connectivity index is 2.04. The number of benzene rings is 2. The molecule has 0 fully saturated rings. The second-order valence-corrected chi connectivity index (χ2v) is 5.11. The van der Waals surface area contributed by atoms with Crippen LogP contribution in [0.15, 0.2) is 48.5 Å². The number of carbonyl (C=O) groups excluding carboxylic acids is 1. The van der Waals surface area contributed by atoms with Crippen LogP contribution in [0.1, 0.15) is 17.3 Å². The normalized spacial score (nSPS) is 10.2. The first kappa shape index (κ1) is 16.8. The average molecular weight is 314 g/mol. The molecule has 1 amide bonds. The number of carbonyl (C=O) groups is 1. The predicted octanol–water partition coefficient (Wildman–Crippen LogP) is 2.77. The molecular weight excluding hydrogens is 292 g/mol. The van der Waals surface area contributed by atoms with Crippen molar-refractivity contribution in [2.24, 2.45) is 0 Å². The Hall–Kier alpha value is -2.53. The van der Waals surface area contributed by atoms with Gasteiger partial charge in [0.1, 0.15) is 5.75 Å². The smallest absolute Gasteiger partial charge is 0.255 e. The summed E-state index contributed by atoms with van der Waals surface area (Å²) in [5, 5.41) is 11.8. The zero-order chi connectivity index (χ0) is 16.7. The molecule has 2 aromatic rings. The minimum atomic E-state index is -0.178. The summed E-state index contributed by atoms with van der Waals surface area (Å²) in [6.45, 7) is 3.14. The van der Waals surface area contributed by atoms with Gasteiger partial charge in [-0.15, -0.1) is 0 Å². The zero-order valence-corrected chi connectivity index (χ0v) is 13.5. The number of rotatable bonds is 7. The van der Waals surface area contributed by atoms with Crippen molar-refractivity contribution in [1.82, 2.24) is 0 Å². The first-order valence-corrected chi connectivity index (χ1v) is 7.60. The summed E-state index contributed by atoms with van der Waals surface area (Å²) >= 11 is 0. The van der Waals surface area contributed by atoms with Crippen LogP contribution in [0, 0.1) is 0 Å². The van der Waals surface area contributed by atoms with Gasteiger partial charge in [0.05, 0.1) is 13.2 Å². The van der Waals surface area contributed by atoms with Crippen molar-refractivity contribution in [2.75, 3.05) is 37.0 Å². The van der Waals surface area contributed by atoms with E-state index in [4.69, 9.17) is 9.84 Å². The molecule has 0 atom stereocenters. The fourth-order valence-electron chi connectivity index (χ4n) is 2.18. The van der Waals surface area contributed by atoms with Gasteiger partial charge in [0.25, 0.3) is 5.91 Å². The summed E-state index contributed by atoms with van der Waals surface area (Å²) < 4.78 is 5.41. The highest BCUT2D eigenvalue weighted by molar-refractivity contribution is 6.04. The lowest BCUT2D eigenvalue weighted by Gasteiger charge is -2.18. The SMILES string of the molecule is CCOc1cccc(C(=O)Nc2ccc(N(C)CCO)cc2)c1. The van der Waals surface area contributed by atoms with E-state index in [2.05, 4.69) is 5.32 Å². The number of nitrogens with one attached hydrogen (secondary N) is 1. The van der Waals surface area contributed by atoms with Crippen LogP contribution in [-0.2, 0) is 0 Å². The molecule has 23 heavy (non-hydrogen) atoms. The molecule has 0 bridgehead atoms. The number of hydrogen-bond acceptors (Lipinski definition) is 4. The van der Waals surface area contributed by atoms with Gasteiger partial charge >= 0.3 is 0 Å². The number of amides is 1. The molecule has 0 unspecified atom stereocenters. The third-order valence-corrected chi connectivity index (χ3v) is 3.41. The van der Waals surface area contributed by atoms with Crippen LogP contribution < -0.4 is 15.0 Å². The monoisotopic (exact) mass is 314 g/mol. The predicted molar refractivity (Wildman–Crippen MR) is 92.4 cm³/mol. The molecule has 5 nitrogen and oxygen atoms in total. The first-order chi connectivity index (χ1) is 11.1. The lowest BCUT2D eigenvalue weighted by Crippen LogP contribution is -2.21. The summed E-state index contributed by atoms with van der Waals surface area (Å²) in [5.41, 5.74) is 2.26. The molecule has 0 aliphatic heterocycles. The maximum Gasteiger partial charge on any atom is 0.255 e. The van der Waals surface area contributed by atoms with Crippen LogP contribution in [0.4, 0.5) is 11.4 Å². The van der Waals surface area contributed by atoms with E-state index in [9.17, 15) is 4.79 Å². The van der Waals surface area contributed by atoms with Crippen molar-refractivity contribution >= 4 is 17.3 Å². The number of anilines is 2. The van der Waals surface area contributed by atoms with Crippen molar-refractivity contribution in [3.63, 3.8) is 0 Å². The van der Waals surface area contributed by atoms with E-state index in [1.807, 2.05) is 49.2 Å². The van der Waals surface area contributed by atoms with Gasteiger partial charge in [0.15, 0.2) is 0 Å². The van der Waals surface area contributed by atoms with Gasteiger partial charge in [-0.25, -0.2) is 0 Å². The maximum absolute atomic E-state index is 12.3. The van der Waals surface area contributed by atoms with Crippen LogP contribution in [0.2, 0.25) is 0 Å². The summed E-state index contributed by atoms with van der Waals surface area (Å²) in [6.07, 6.45) is 0. The topological polar surface area (TPSA) is 61.8 Å². The fourth-order valence-corrected chi connectivity index (χ4v) is 2.18. The van der Waals surface area contributed by atoms with Crippen molar-refractivity contribution in [2.45, 2.75) is 6.92 Å². The highest BCUT2D eigenvalue weighted by Crippen LogP contribution is 2.18. The molecule has 2 aromatic carbocycles. The second-order valence-electron chi connectivity index (χ2n) is 5.11. The summed E-state index contributed by atoms with van der Waals surface area (Å²) in [6, 6.07) is 14.6. The summed E-state index contributed by atoms with van der Waals surface area (Å²) in [5.74, 6) is 0.504. The van der Waals surface area contributed by atoms with E-state index >= 15 is 0 Å². The van der Waals surface area contributed by atoms with Crippen molar-refractivity contribution < 1.29 is 14.6 Å². The number of likely N-dealkylation sites (N-methyl/N-ethyl adjacent to an activating group) is 1. The number of aliphatic hydroxyl groups excluding tert-OH is 1.